The highest BCUT2D eigenvalue weighted by atomic mass is 35.5. The summed E-state index contributed by atoms with van der Waals surface area (Å²) in [6.07, 6.45) is -0.622. The molecular weight excluding hydrogens is 466 g/mol. The van der Waals surface area contributed by atoms with Crippen LogP contribution < -0.4 is 16.0 Å². The summed E-state index contributed by atoms with van der Waals surface area (Å²) in [7, 11) is 1.51. The molecule has 0 aliphatic heterocycles. The molecule has 33 heavy (non-hydrogen) atoms. The van der Waals surface area contributed by atoms with E-state index < -0.39 is 6.09 Å². The van der Waals surface area contributed by atoms with Gasteiger partial charge in [-0.05, 0) is 48.9 Å². The second-order valence-electron chi connectivity index (χ2n) is 6.85. The molecule has 0 aliphatic rings. The van der Waals surface area contributed by atoms with Crippen LogP contribution in [0.25, 0.3) is 0 Å². The van der Waals surface area contributed by atoms with Gasteiger partial charge < -0.3 is 20.1 Å². The molecule has 3 amide bonds. The molecule has 1 heterocycles. The number of rotatable bonds is 8. The van der Waals surface area contributed by atoms with Crippen molar-refractivity contribution in [1.29, 1.82) is 0 Å². The van der Waals surface area contributed by atoms with Crippen molar-refractivity contribution in [2.45, 2.75) is 6.92 Å². The van der Waals surface area contributed by atoms with Gasteiger partial charge in [-0.1, -0.05) is 29.8 Å². The Morgan fingerprint density at radius 2 is 1.64 bits per heavy atom. The van der Waals surface area contributed by atoms with Gasteiger partial charge in [-0.15, -0.1) is 11.3 Å². The minimum atomic E-state index is -0.622. The SMILES string of the molecule is COCCOC(=O)Nc1cccc(NC(=O)c2sc(NC(=O)c3ccccc3Cl)cc2C)c1. The number of hydrogen-bond donors (Lipinski definition) is 3. The summed E-state index contributed by atoms with van der Waals surface area (Å²) in [6, 6.07) is 15.1. The number of nitrogens with one attached hydrogen (secondary N) is 3. The molecule has 0 fully saturated rings. The molecule has 0 saturated carbocycles. The smallest absolute Gasteiger partial charge is 0.411 e. The lowest BCUT2D eigenvalue weighted by molar-refractivity contribution is 0.102. The first kappa shape index (κ1) is 24.2. The predicted molar refractivity (Wildman–Crippen MR) is 130 cm³/mol. The lowest BCUT2D eigenvalue weighted by atomic mass is 10.2. The van der Waals surface area contributed by atoms with E-state index in [1.165, 1.54) is 7.11 Å². The molecule has 1 aromatic heterocycles. The van der Waals surface area contributed by atoms with Crippen molar-refractivity contribution in [2.75, 3.05) is 36.3 Å². The number of methoxy groups -OCH3 is 1. The van der Waals surface area contributed by atoms with E-state index in [0.29, 0.717) is 44.0 Å². The van der Waals surface area contributed by atoms with Crippen LogP contribution in [0.5, 0.6) is 0 Å². The maximum Gasteiger partial charge on any atom is 0.411 e. The highest BCUT2D eigenvalue weighted by molar-refractivity contribution is 7.18. The zero-order chi connectivity index (χ0) is 23.8. The molecule has 0 bridgehead atoms. The minimum absolute atomic E-state index is 0.131. The normalized spacial score (nSPS) is 10.4. The molecule has 3 aromatic rings. The number of aryl methyl sites for hydroxylation is 1. The van der Waals surface area contributed by atoms with Gasteiger partial charge in [0.2, 0.25) is 0 Å². The van der Waals surface area contributed by atoms with Crippen LogP contribution in [0.2, 0.25) is 5.02 Å². The summed E-state index contributed by atoms with van der Waals surface area (Å²) in [5.41, 5.74) is 2.01. The number of halogens is 1. The van der Waals surface area contributed by atoms with E-state index >= 15 is 0 Å². The second-order valence-corrected chi connectivity index (χ2v) is 8.30. The quantitative estimate of drug-likeness (QED) is 0.368. The Labute approximate surface area is 199 Å². The Kier molecular flexibility index (Phi) is 8.42. The Morgan fingerprint density at radius 3 is 2.36 bits per heavy atom. The second kappa shape index (κ2) is 11.5. The maximum atomic E-state index is 12.8. The van der Waals surface area contributed by atoms with Crippen LogP contribution in [0.1, 0.15) is 25.6 Å². The van der Waals surface area contributed by atoms with Crippen LogP contribution in [0.15, 0.2) is 54.6 Å². The lowest BCUT2D eigenvalue weighted by Gasteiger charge is -2.09. The van der Waals surface area contributed by atoms with Crippen molar-refractivity contribution in [2.24, 2.45) is 0 Å². The molecule has 0 atom stereocenters. The predicted octanol–water partition coefficient (Wildman–Crippen LogP) is 5.41. The van der Waals surface area contributed by atoms with E-state index in [1.54, 1.807) is 61.5 Å². The van der Waals surface area contributed by atoms with Crippen LogP contribution in [0.3, 0.4) is 0 Å². The van der Waals surface area contributed by atoms with Gasteiger partial charge >= 0.3 is 6.09 Å². The lowest BCUT2D eigenvalue weighted by Crippen LogP contribution is -2.16. The van der Waals surface area contributed by atoms with E-state index in [2.05, 4.69) is 16.0 Å². The average molecular weight is 488 g/mol. The number of carbonyl (C=O) groups excluding carboxylic acids is 3. The van der Waals surface area contributed by atoms with Crippen molar-refractivity contribution in [1.82, 2.24) is 0 Å². The summed E-state index contributed by atoms with van der Waals surface area (Å²) in [5, 5.41) is 9.03. The van der Waals surface area contributed by atoms with Crippen LogP contribution in [-0.2, 0) is 9.47 Å². The molecular formula is C23H22ClN3O5S. The average Bonchev–Trinajstić information content (AvgIpc) is 3.14. The van der Waals surface area contributed by atoms with Gasteiger partial charge in [0.25, 0.3) is 11.8 Å². The number of thiophene rings is 1. The van der Waals surface area contributed by atoms with Gasteiger partial charge in [-0.2, -0.15) is 0 Å². The molecule has 8 nitrogen and oxygen atoms in total. The summed E-state index contributed by atoms with van der Waals surface area (Å²) >= 11 is 7.23. The molecule has 0 aliphatic carbocycles. The van der Waals surface area contributed by atoms with E-state index in [-0.39, 0.29) is 18.4 Å². The van der Waals surface area contributed by atoms with E-state index in [0.717, 1.165) is 11.3 Å². The summed E-state index contributed by atoms with van der Waals surface area (Å²) < 4.78 is 9.79. The van der Waals surface area contributed by atoms with Gasteiger partial charge in [0.1, 0.15) is 6.61 Å². The third-order valence-corrected chi connectivity index (χ3v) is 5.85. The number of hydrogen-bond acceptors (Lipinski definition) is 6. The van der Waals surface area contributed by atoms with Crippen molar-refractivity contribution in [3.8, 4) is 0 Å². The standard InChI is InChI=1S/C23H22ClN3O5S/c1-14-12-19(27-21(28)17-8-3-4-9-18(17)24)33-20(14)22(29)25-15-6-5-7-16(13-15)26-23(30)32-11-10-31-2/h3-9,12-13H,10-11H2,1-2H3,(H,25,29)(H,26,30)(H,27,28). The van der Waals surface area contributed by atoms with Crippen LogP contribution >= 0.6 is 22.9 Å². The summed E-state index contributed by atoms with van der Waals surface area (Å²) in [6.45, 7) is 2.21. The number of amides is 3. The fourth-order valence-corrected chi connectivity index (χ4v) is 4.01. The molecule has 3 rings (SSSR count). The number of anilines is 3. The largest absolute Gasteiger partial charge is 0.447 e. The first-order valence-electron chi connectivity index (χ1n) is 9.88. The van der Waals surface area contributed by atoms with Gasteiger partial charge in [0.15, 0.2) is 0 Å². The van der Waals surface area contributed by atoms with Crippen LogP contribution in [0.4, 0.5) is 21.2 Å². The minimum Gasteiger partial charge on any atom is -0.447 e. The molecule has 0 spiro atoms. The maximum absolute atomic E-state index is 12.8. The van der Waals surface area contributed by atoms with Gasteiger partial charge in [-0.3, -0.25) is 14.9 Å². The Bertz CT molecular complexity index is 1160. The van der Waals surface area contributed by atoms with Crippen molar-refractivity contribution in [3.63, 3.8) is 0 Å². The fraction of sp³-hybridized carbons (Fsp3) is 0.174. The number of carbonyl (C=O) groups is 3. The third-order valence-electron chi connectivity index (χ3n) is 4.37. The van der Waals surface area contributed by atoms with E-state index in [4.69, 9.17) is 21.1 Å². The van der Waals surface area contributed by atoms with Crippen molar-refractivity contribution < 1.29 is 23.9 Å². The number of ether oxygens (including phenoxy) is 2. The Hall–Kier alpha value is -3.40. The van der Waals surface area contributed by atoms with Gasteiger partial charge in [0.05, 0.1) is 27.1 Å². The molecule has 172 valence electrons. The highest BCUT2D eigenvalue weighted by Gasteiger charge is 2.17. The fourth-order valence-electron chi connectivity index (χ4n) is 2.83. The van der Waals surface area contributed by atoms with Crippen LogP contribution in [0, 0.1) is 6.92 Å². The molecule has 0 radical (unpaired) electrons. The highest BCUT2D eigenvalue weighted by Crippen LogP contribution is 2.29. The van der Waals surface area contributed by atoms with Crippen LogP contribution in [-0.4, -0.2) is 38.2 Å². The van der Waals surface area contributed by atoms with E-state index in [1.807, 2.05) is 0 Å². The van der Waals surface area contributed by atoms with Crippen molar-refractivity contribution >= 4 is 57.2 Å². The molecule has 2 aromatic carbocycles. The first-order valence-corrected chi connectivity index (χ1v) is 11.1. The zero-order valence-corrected chi connectivity index (χ0v) is 19.5. The summed E-state index contributed by atoms with van der Waals surface area (Å²) in [5.74, 6) is -0.694. The van der Waals surface area contributed by atoms with Gasteiger partial charge in [0, 0.05) is 18.5 Å². The molecule has 3 N–H and O–H groups in total. The molecule has 0 saturated heterocycles. The Morgan fingerprint density at radius 1 is 0.909 bits per heavy atom. The molecule has 0 unspecified atom stereocenters. The number of benzene rings is 2. The van der Waals surface area contributed by atoms with Gasteiger partial charge in [-0.25, -0.2) is 4.79 Å². The third kappa shape index (κ3) is 6.79. The summed E-state index contributed by atoms with van der Waals surface area (Å²) in [4.78, 5) is 37.5. The monoisotopic (exact) mass is 487 g/mol. The Balaban J connectivity index is 1.64. The first-order chi connectivity index (χ1) is 15.9. The zero-order valence-electron chi connectivity index (χ0n) is 17.9. The topological polar surface area (TPSA) is 106 Å². The van der Waals surface area contributed by atoms with Crippen molar-refractivity contribution in [3.05, 3.63) is 75.6 Å². The molecule has 10 heteroatoms. The van der Waals surface area contributed by atoms with E-state index in [9.17, 15) is 14.4 Å².